The summed E-state index contributed by atoms with van der Waals surface area (Å²) in [5, 5.41) is 14.8. The van der Waals surface area contributed by atoms with Crippen LogP contribution in [0.4, 0.5) is 0 Å². The fourth-order valence-corrected chi connectivity index (χ4v) is 3.83. The zero-order valence-corrected chi connectivity index (χ0v) is 17.5. The molecule has 2 aromatic carbocycles. The van der Waals surface area contributed by atoms with Gasteiger partial charge in [-0.15, -0.1) is 10.2 Å². The summed E-state index contributed by atoms with van der Waals surface area (Å²) in [5.41, 5.74) is 12.2. The average Bonchev–Trinajstić information content (AvgIpc) is 3.42. The van der Waals surface area contributed by atoms with E-state index in [2.05, 4.69) is 69.4 Å². The minimum atomic E-state index is 0.575. The summed E-state index contributed by atoms with van der Waals surface area (Å²) in [6, 6.07) is 16.7. The maximum atomic E-state index is 5.82. The molecule has 4 aromatic rings. The highest BCUT2D eigenvalue weighted by atomic mass is 15.5. The van der Waals surface area contributed by atoms with Gasteiger partial charge < -0.3 is 10.3 Å². The number of unbranched alkanes of at least 4 members (excludes halogenated alkanes) is 1. The van der Waals surface area contributed by atoms with Crippen LogP contribution in [0.3, 0.4) is 0 Å². The van der Waals surface area contributed by atoms with Crippen molar-refractivity contribution >= 4 is 0 Å². The van der Waals surface area contributed by atoms with E-state index in [0.717, 1.165) is 65.3 Å². The number of nitrogens with zero attached hydrogens (tertiary/aromatic N) is 5. The largest absolute Gasteiger partial charge is 0.330 e. The van der Waals surface area contributed by atoms with Gasteiger partial charge in [0.2, 0.25) is 5.82 Å². The number of hydrogen-bond acceptors (Lipinski definition) is 5. The van der Waals surface area contributed by atoms with Crippen LogP contribution in [-0.4, -0.2) is 36.7 Å². The lowest BCUT2D eigenvalue weighted by atomic mass is 9.98. The molecule has 0 bridgehead atoms. The minimum absolute atomic E-state index is 0.575. The van der Waals surface area contributed by atoms with Crippen LogP contribution in [0.15, 0.2) is 48.5 Å². The molecule has 154 valence electrons. The summed E-state index contributed by atoms with van der Waals surface area (Å²) in [5.74, 6) is 1.65. The molecule has 2 aromatic heterocycles. The topological polar surface area (TPSA) is 98.3 Å². The molecule has 0 amide bonds. The van der Waals surface area contributed by atoms with E-state index in [-0.39, 0.29) is 0 Å². The van der Waals surface area contributed by atoms with Gasteiger partial charge in [0, 0.05) is 29.8 Å². The van der Waals surface area contributed by atoms with Crippen molar-refractivity contribution in [1.82, 2.24) is 30.2 Å². The highest BCUT2D eigenvalue weighted by molar-refractivity contribution is 5.82. The second-order valence-electron chi connectivity index (χ2n) is 7.37. The minimum Gasteiger partial charge on any atom is -0.330 e. The first kappa shape index (κ1) is 20.0. The lowest BCUT2D eigenvalue weighted by molar-refractivity contribution is 0.734. The van der Waals surface area contributed by atoms with Gasteiger partial charge in [0.1, 0.15) is 5.82 Å². The first-order chi connectivity index (χ1) is 14.7. The monoisotopic (exact) mass is 401 g/mol. The molecule has 7 heteroatoms. The fourth-order valence-electron chi connectivity index (χ4n) is 3.83. The van der Waals surface area contributed by atoms with Gasteiger partial charge in [0.25, 0.3) is 0 Å². The number of imidazole rings is 1. The molecule has 4 rings (SSSR count). The molecule has 0 aliphatic rings. The van der Waals surface area contributed by atoms with Crippen LogP contribution in [0.1, 0.15) is 37.0 Å². The van der Waals surface area contributed by atoms with Crippen molar-refractivity contribution in [3.05, 3.63) is 65.7 Å². The zero-order valence-electron chi connectivity index (χ0n) is 17.5. The normalized spacial score (nSPS) is 11.2. The molecule has 7 nitrogen and oxygen atoms in total. The van der Waals surface area contributed by atoms with Gasteiger partial charge in [-0.05, 0) is 48.4 Å². The molecular weight excluding hydrogens is 374 g/mol. The number of benzene rings is 2. The van der Waals surface area contributed by atoms with E-state index in [9.17, 15) is 0 Å². The van der Waals surface area contributed by atoms with Crippen molar-refractivity contribution < 1.29 is 0 Å². The molecule has 0 unspecified atom stereocenters. The number of H-pyrrole nitrogens is 1. The summed E-state index contributed by atoms with van der Waals surface area (Å²) in [4.78, 5) is 4.92. The van der Waals surface area contributed by atoms with Crippen molar-refractivity contribution in [3.8, 4) is 28.2 Å². The third kappa shape index (κ3) is 3.89. The first-order valence-corrected chi connectivity index (χ1v) is 10.4. The summed E-state index contributed by atoms with van der Waals surface area (Å²) in [6.45, 7) is 4.91. The summed E-state index contributed by atoms with van der Waals surface area (Å²) in [7, 11) is 0. The number of hydrogen-bond donors (Lipinski definition) is 2. The van der Waals surface area contributed by atoms with Gasteiger partial charge in [0.05, 0.1) is 5.69 Å². The van der Waals surface area contributed by atoms with Crippen LogP contribution in [0.5, 0.6) is 0 Å². The Morgan fingerprint density at radius 3 is 2.57 bits per heavy atom. The molecule has 0 spiro atoms. The van der Waals surface area contributed by atoms with Gasteiger partial charge in [0.15, 0.2) is 0 Å². The number of nitrogens with one attached hydrogen (secondary N) is 1. The predicted molar refractivity (Wildman–Crippen MR) is 118 cm³/mol. The molecule has 30 heavy (non-hydrogen) atoms. The molecule has 0 radical (unpaired) electrons. The molecule has 3 N–H and O–H groups in total. The van der Waals surface area contributed by atoms with Crippen molar-refractivity contribution in [1.29, 1.82) is 0 Å². The van der Waals surface area contributed by atoms with Crippen LogP contribution < -0.4 is 5.73 Å². The highest BCUT2D eigenvalue weighted by Crippen LogP contribution is 2.33. The second kappa shape index (κ2) is 9.00. The molecule has 0 aliphatic carbocycles. The van der Waals surface area contributed by atoms with Gasteiger partial charge in [-0.3, -0.25) is 0 Å². The number of nitrogens with two attached hydrogens (primary N) is 1. The average molecular weight is 402 g/mol. The standard InChI is InChI=1S/C23H27N7/c1-3-4-10-22-25-21(13-14-24)16(2)30(22)18-11-12-19(17-8-6-5-7-9-17)20(15-18)23-26-28-29-27-23/h5-9,11-12,15H,3-4,10,13-14,24H2,1-2H3,(H,26,27,28,29). The molecule has 0 aliphatic heterocycles. The smallest absolute Gasteiger partial charge is 0.205 e. The maximum Gasteiger partial charge on any atom is 0.205 e. The van der Waals surface area contributed by atoms with Crippen LogP contribution >= 0.6 is 0 Å². The number of aryl methyl sites for hydroxylation is 1. The van der Waals surface area contributed by atoms with Gasteiger partial charge in [-0.2, -0.15) is 5.21 Å². The number of aromatic amines is 1. The molecule has 0 saturated carbocycles. The Bertz CT molecular complexity index is 1100. The lowest BCUT2D eigenvalue weighted by Crippen LogP contribution is -2.06. The second-order valence-corrected chi connectivity index (χ2v) is 7.37. The van der Waals surface area contributed by atoms with Crippen molar-refractivity contribution in [2.45, 2.75) is 39.5 Å². The van der Waals surface area contributed by atoms with Crippen molar-refractivity contribution in [2.75, 3.05) is 6.54 Å². The lowest BCUT2D eigenvalue weighted by Gasteiger charge is -2.14. The van der Waals surface area contributed by atoms with Crippen LogP contribution in [0, 0.1) is 6.92 Å². The quantitative estimate of drug-likeness (QED) is 0.467. The number of rotatable bonds is 8. The third-order valence-corrected chi connectivity index (χ3v) is 5.34. The highest BCUT2D eigenvalue weighted by Gasteiger charge is 2.18. The SMILES string of the molecule is CCCCc1nc(CCN)c(C)n1-c1ccc(-c2ccccc2)c(-c2nn[nH]n2)c1. The van der Waals surface area contributed by atoms with Crippen LogP contribution in [0.2, 0.25) is 0 Å². The van der Waals surface area contributed by atoms with E-state index >= 15 is 0 Å². The van der Waals surface area contributed by atoms with Crippen molar-refractivity contribution in [3.63, 3.8) is 0 Å². The number of aromatic nitrogens is 6. The van der Waals surface area contributed by atoms with E-state index < -0.39 is 0 Å². The fraction of sp³-hybridized carbons (Fsp3) is 0.304. The molecule has 0 atom stereocenters. The van der Waals surface area contributed by atoms with Crippen molar-refractivity contribution in [2.24, 2.45) is 5.73 Å². The summed E-state index contributed by atoms with van der Waals surface area (Å²) >= 11 is 0. The summed E-state index contributed by atoms with van der Waals surface area (Å²) in [6.07, 6.45) is 3.93. The molecule has 2 heterocycles. The Morgan fingerprint density at radius 2 is 1.87 bits per heavy atom. The first-order valence-electron chi connectivity index (χ1n) is 10.4. The van der Waals surface area contributed by atoms with E-state index in [1.807, 2.05) is 18.2 Å². The van der Waals surface area contributed by atoms with Gasteiger partial charge in [-0.1, -0.05) is 49.7 Å². The van der Waals surface area contributed by atoms with Gasteiger partial charge in [-0.25, -0.2) is 4.98 Å². The third-order valence-electron chi connectivity index (χ3n) is 5.34. The van der Waals surface area contributed by atoms with E-state index in [1.165, 1.54) is 0 Å². The zero-order chi connectivity index (χ0) is 20.9. The Balaban J connectivity index is 1.87. The van der Waals surface area contributed by atoms with Crippen LogP contribution in [0.25, 0.3) is 28.2 Å². The molecular formula is C23H27N7. The predicted octanol–water partition coefficient (Wildman–Crippen LogP) is 3.87. The van der Waals surface area contributed by atoms with E-state index in [0.29, 0.717) is 12.4 Å². The van der Waals surface area contributed by atoms with Crippen LogP contribution in [-0.2, 0) is 12.8 Å². The Morgan fingerprint density at radius 1 is 1.03 bits per heavy atom. The Kier molecular flexibility index (Phi) is 5.99. The maximum absolute atomic E-state index is 5.82. The van der Waals surface area contributed by atoms with E-state index in [4.69, 9.17) is 10.7 Å². The molecule has 0 fully saturated rings. The van der Waals surface area contributed by atoms with Gasteiger partial charge >= 0.3 is 0 Å². The number of tetrazole rings is 1. The molecule has 0 saturated heterocycles. The Hall–Kier alpha value is -3.32. The van der Waals surface area contributed by atoms with E-state index in [1.54, 1.807) is 0 Å². The summed E-state index contributed by atoms with van der Waals surface area (Å²) < 4.78 is 2.25. The Labute approximate surface area is 176 Å².